The Labute approximate surface area is 55.7 Å². The highest BCUT2D eigenvalue weighted by Crippen LogP contribution is 2.31. The molecule has 0 saturated carbocycles. The predicted molar refractivity (Wildman–Crippen MR) is 38.1 cm³/mol. The van der Waals surface area contributed by atoms with Gasteiger partial charge in [-0.2, -0.15) is 0 Å². The number of aliphatic hydroxyl groups excluding tert-OH is 1. The second-order valence-electron chi connectivity index (χ2n) is 2.78. The van der Waals surface area contributed by atoms with Gasteiger partial charge in [0.05, 0.1) is 6.61 Å². The molecule has 0 aromatic heterocycles. The summed E-state index contributed by atoms with van der Waals surface area (Å²) < 4.78 is 0. The minimum absolute atomic E-state index is 0.0694. The zero-order valence-electron chi connectivity index (χ0n) is 5.89. The van der Waals surface area contributed by atoms with Crippen LogP contribution in [0, 0.1) is 5.41 Å². The molecule has 0 amide bonds. The first-order valence-corrected chi connectivity index (χ1v) is 3.16. The summed E-state index contributed by atoms with van der Waals surface area (Å²) in [5.74, 6) is 0. The van der Waals surface area contributed by atoms with Gasteiger partial charge >= 0.3 is 0 Å². The third-order valence-corrected chi connectivity index (χ3v) is 2.04. The molecule has 50 valence electrons. The summed E-state index contributed by atoms with van der Waals surface area (Å²) in [4.78, 5) is 0. The van der Waals surface area contributed by atoms with Crippen molar-refractivity contribution in [2.24, 2.45) is 5.41 Å². The summed E-state index contributed by atoms with van der Waals surface area (Å²) in [6.45, 7) is 4.28. The molecule has 0 bridgehead atoms. The van der Waals surface area contributed by atoms with Gasteiger partial charge in [0.15, 0.2) is 0 Å². The molecule has 0 aliphatic heterocycles. The van der Waals surface area contributed by atoms with Crippen LogP contribution in [0.1, 0.15) is 13.8 Å². The average molecular weight is 124 g/mol. The molecule has 1 aliphatic rings. The second kappa shape index (κ2) is 1.99. The van der Waals surface area contributed by atoms with Crippen molar-refractivity contribution < 1.29 is 5.11 Å². The molecule has 0 fully saturated rings. The van der Waals surface area contributed by atoms with Crippen molar-refractivity contribution in [3.63, 3.8) is 0 Å². The lowest BCUT2D eigenvalue weighted by Crippen LogP contribution is -2.17. The molecule has 1 aliphatic carbocycles. The fourth-order valence-corrected chi connectivity index (χ4v) is 0.904. The molecule has 0 spiro atoms. The SMILES string of the molecule is CC1=CC=CC1(C)CO. The van der Waals surface area contributed by atoms with Gasteiger partial charge in [-0.1, -0.05) is 30.7 Å². The zero-order chi connectivity index (χ0) is 6.91. The summed E-state index contributed by atoms with van der Waals surface area (Å²) >= 11 is 0. The first kappa shape index (κ1) is 6.56. The summed E-state index contributed by atoms with van der Waals surface area (Å²) in [7, 11) is 0. The Kier molecular flexibility index (Phi) is 1.45. The molecule has 1 unspecified atom stereocenters. The van der Waals surface area contributed by atoms with Gasteiger partial charge in [-0.15, -0.1) is 0 Å². The van der Waals surface area contributed by atoms with E-state index in [9.17, 15) is 0 Å². The predicted octanol–water partition coefficient (Wildman–Crippen LogP) is 1.50. The van der Waals surface area contributed by atoms with E-state index in [1.165, 1.54) is 5.57 Å². The van der Waals surface area contributed by atoms with E-state index in [0.29, 0.717) is 0 Å². The van der Waals surface area contributed by atoms with Gasteiger partial charge in [-0.05, 0) is 6.92 Å². The van der Waals surface area contributed by atoms with E-state index in [1.807, 2.05) is 32.1 Å². The minimum Gasteiger partial charge on any atom is -0.395 e. The van der Waals surface area contributed by atoms with E-state index in [-0.39, 0.29) is 12.0 Å². The summed E-state index contributed by atoms with van der Waals surface area (Å²) in [5.41, 5.74) is 1.17. The average Bonchev–Trinajstić information content (AvgIpc) is 2.15. The number of hydrogen-bond acceptors (Lipinski definition) is 1. The Morgan fingerprint density at radius 2 is 2.33 bits per heavy atom. The van der Waals surface area contributed by atoms with Crippen LogP contribution >= 0.6 is 0 Å². The van der Waals surface area contributed by atoms with Crippen LogP contribution in [0.25, 0.3) is 0 Å². The fraction of sp³-hybridized carbons (Fsp3) is 0.500. The number of rotatable bonds is 1. The highest BCUT2D eigenvalue weighted by Gasteiger charge is 2.23. The molecule has 0 radical (unpaired) electrons. The Hall–Kier alpha value is -0.560. The lowest BCUT2D eigenvalue weighted by atomic mass is 9.87. The van der Waals surface area contributed by atoms with Crippen molar-refractivity contribution in [2.45, 2.75) is 13.8 Å². The monoisotopic (exact) mass is 124 g/mol. The van der Waals surface area contributed by atoms with Crippen molar-refractivity contribution in [3.8, 4) is 0 Å². The van der Waals surface area contributed by atoms with E-state index >= 15 is 0 Å². The standard InChI is InChI=1S/C8H12O/c1-7-4-3-5-8(7,2)6-9/h3-5,9H,6H2,1-2H3. The minimum atomic E-state index is -0.0694. The van der Waals surface area contributed by atoms with Crippen LogP contribution in [0.5, 0.6) is 0 Å². The van der Waals surface area contributed by atoms with Gasteiger partial charge in [-0.25, -0.2) is 0 Å². The molecule has 0 aromatic rings. The Bertz CT molecular complexity index is 167. The number of aliphatic hydroxyl groups is 1. The first-order chi connectivity index (χ1) is 4.19. The molecule has 0 heterocycles. The lowest BCUT2D eigenvalue weighted by Gasteiger charge is -2.20. The molecule has 0 saturated heterocycles. The molecule has 9 heavy (non-hydrogen) atoms. The normalized spacial score (nSPS) is 33.0. The smallest absolute Gasteiger partial charge is 0.0556 e. The Morgan fingerprint density at radius 1 is 1.67 bits per heavy atom. The highest BCUT2D eigenvalue weighted by atomic mass is 16.3. The zero-order valence-corrected chi connectivity index (χ0v) is 5.89. The van der Waals surface area contributed by atoms with Gasteiger partial charge in [0.2, 0.25) is 0 Å². The molecule has 1 rings (SSSR count). The number of hydrogen-bond donors (Lipinski definition) is 1. The van der Waals surface area contributed by atoms with Crippen LogP contribution in [-0.2, 0) is 0 Å². The quantitative estimate of drug-likeness (QED) is 0.561. The van der Waals surface area contributed by atoms with E-state index in [0.717, 1.165) is 0 Å². The molecular formula is C8H12O. The third-order valence-electron chi connectivity index (χ3n) is 2.04. The second-order valence-corrected chi connectivity index (χ2v) is 2.78. The molecule has 1 heteroatoms. The van der Waals surface area contributed by atoms with E-state index in [4.69, 9.17) is 5.11 Å². The molecule has 1 atom stereocenters. The molecule has 1 nitrogen and oxygen atoms in total. The van der Waals surface area contributed by atoms with Crippen LogP contribution < -0.4 is 0 Å². The van der Waals surface area contributed by atoms with E-state index in [1.54, 1.807) is 0 Å². The maximum Gasteiger partial charge on any atom is 0.0556 e. The third kappa shape index (κ3) is 0.924. The summed E-state index contributed by atoms with van der Waals surface area (Å²) in [5, 5.41) is 8.90. The lowest BCUT2D eigenvalue weighted by molar-refractivity contribution is 0.213. The van der Waals surface area contributed by atoms with E-state index < -0.39 is 0 Å². The van der Waals surface area contributed by atoms with Crippen LogP contribution in [0.2, 0.25) is 0 Å². The molecular weight excluding hydrogens is 112 g/mol. The van der Waals surface area contributed by atoms with Crippen molar-refractivity contribution in [1.82, 2.24) is 0 Å². The van der Waals surface area contributed by atoms with Crippen molar-refractivity contribution in [3.05, 3.63) is 23.8 Å². The van der Waals surface area contributed by atoms with Crippen LogP contribution in [0.15, 0.2) is 23.8 Å². The maximum atomic E-state index is 8.90. The Balaban J connectivity index is 2.82. The van der Waals surface area contributed by atoms with Crippen molar-refractivity contribution in [2.75, 3.05) is 6.61 Å². The molecule has 0 aromatic carbocycles. The van der Waals surface area contributed by atoms with Crippen molar-refractivity contribution >= 4 is 0 Å². The maximum absolute atomic E-state index is 8.90. The van der Waals surface area contributed by atoms with Gasteiger partial charge in [0.25, 0.3) is 0 Å². The largest absolute Gasteiger partial charge is 0.395 e. The highest BCUT2D eigenvalue weighted by molar-refractivity contribution is 5.31. The van der Waals surface area contributed by atoms with Crippen molar-refractivity contribution in [1.29, 1.82) is 0 Å². The summed E-state index contributed by atoms with van der Waals surface area (Å²) in [6.07, 6.45) is 6.06. The van der Waals surface area contributed by atoms with Gasteiger partial charge < -0.3 is 5.11 Å². The van der Waals surface area contributed by atoms with Crippen LogP contribution in [0.3, 0.4) is 0 Å². The topological polar surface area (TPSA) is 20.2 Å². The number of allylic oxidation sites excluding steroid dienone is 2. The Morgan fingerprint density at radius 3 is 2.56 bits per heavy atom. The van der Waals surface area contributed by atoms with Crippen LogP contribution in [0.4, 0.5) is 0 Å². The molecule has 1 N–H and O–H groups in total. The van der Waals surface area contributed by atoms with Crippen LogP contribution in [-0.4, -0.2) is 11.7 Å². The summed E-state index contributed by atoms with van der Waals surface area (Å²) in [6, 6.07) is 0. The van der Waals surface area contributed by atoms with Gasteiger partial charge in [-0.3, -0.25) is 0 Å². The van der Waals surface area contributed by atoms with Gasteiger partial charge in [0, 0.05) is 5.41 Å². The van der Waals surface area contributed by atoms with E-state index in [2.05, 4.69) is 0 Å². The first-order valence-electron chi connectivity index (χ1n) is 3.16. The van der Waals surface area contributed by atoms with Gasteiger partial charge in [0.1, 0.15) is 0 Å². The fourth-order valence-electron chi connectivity index (χ4n) is 0.904.